The fourth-order valence-electron chi connectivity index (χ4n) is 4.28. The van der Waals surface area contributed by atoms with Gasteiger partial charge >= 0.3 is 5.97 Å². The molecule has 2 amide bonds. The number of nitrogens with zero attached hydrogens (tertiary/aromatic N) is 2. The molecule has 0 saturated heterocycles. The van der Waals surface area contributed by atoms with E-state index in [2.05, 4.69) is 4.98 Å². The zero-order chi connectivity index (χ0) is 25.8. The monoisotopic (exact) mass is 492 g/mol. The molecule has 36 heavy (non-hydrogen) atoms. The first-order chi connectivity index (χ1) is 17.3. The Balaban J connectivity index is 1.35. The highest BCUT2D eigenvalue weighted by Gasteiger charge is 2.36. The van der Waals surface area contributed by atoms with Gasteiger partial charge in [-0.3, -0.25) is 24.3 Å². The first-order valence-corrected chi connectivity index (χ1v) is 11.4. The van der Waals surface area contributed by atoms with Crippen molar-refractivity contribution in [1.29, 1.82) is 0 Å². The smallest absolute Gasteiger partial charge is 0.309 e. The summed E-state index contributed by atoms with van der Waals surface area (Å²) < 4.78 is 18.9. The Bertz CT molecular complexity index is 1260. The van der Waals surface area contributed by atoms with Crippen molar-refractivity contribution in [1.82, 2.24) is 9.88 Å². The summed E-state index contributed by atoms with van der Waals surface area (Å²) in [5.74, 6) is -3.63. The average molecular weight is 493 g/mol. The lowest BCUT2D eigenvalue weighted by Gasteiger charge is -2.22. The van der Waals surface area contributed by atoms with Gasteiger partial charge in [0.1, 0.15) is 0 Å². The zero-order valence-corrected chi connectivity index (χ0v) is 19.6. The van der Waals surface area contributed by atoms with Crippen molar-refractivity contribution in [2.75, 3.05) is 13.7 Å². The number of fused-ring (bicyclic) bond motifs is 1. The molecule has 8 nitrogen and oxygen atoms in total. The van der Waals surface area contributed by atoms with Crippen LogP contribution in [0.15, 0.2) is 60.8 Å². The molecule has 0 aliphatic carbocycles. The minimum atomic E-state index is -1.20. The number of carbonyl (C=O) groups is 3. The highest BCUT2D eigenvalue weighted by atomic mass is 19.1. The maximum atomic E-state index is 14.0. The number of aromatic nitrogens is 1. The molecule has 1 aliphatic heterocycles. The third-order valence-electron chi connectivity index (χ3n) is 6.32. The van der Waals surface area contributed by atoms with Crippen LogP contribution in [0.2, 0.25) is 0 Å². The molecule has 186 valence electrons. The van der Waals surface area contributed by atoms with Gasteiger partial charge in [0, 0.05) is 18.3 Å². The van der Waals surface area contributed by atoms with Crippen molar-refractivity contribution in [3.8, 4) is 17.0 Å². The van der Waals surface area contributed by atoms with E-state index in [-0.39, 0.29) is 25.1 Å². The van der Waals surface area contributed by atoms with Gasteiger partial charge in [-0.05, 0) is 61.2 Å². The number of aliphatic hydroxyl groups excluding tert-OH is 1. The maximum absolute atomic E-state index is 14.0. The number of ether oxygens (including phenoxy) is 1. The first kappa shape index (κ1) is 25.0. The van der Waals surface area contributed by atoms with Crippen LogP contribution in [0, 0.1) is 11.7 Å². The summed E-state index contributed by atoms with van der Waals surface area (Å²) in [5.41, 5.74) is 2.51. The molecular weight excluding hydrogens is 467 g/mol. The van der Waals surface area contributed by atoms with Crippen molar-refractivity contribution in [2.24, 2.45) is 5.92 Å². The van der Waals surface area contributed by atoms with Gasteiger partial charge in [0.2, 0.25) is 0 Å². The van der Waals surface area contributed by atoms with Crippen LogP contribution in [-0.4, -0.2) is 57.6 Å². The number of carbonyl (C=O) groups excluding carboxylic acids is 2. The number of imide groups is 1. The summed E-state index contributed by atoms with van der Waals surface area (Å²) in [4.78, 5) is 42.2. The fourth-order valence-corrected chi connectivity index (χ4v) is 4.28. The third kappa shape index (κ3) is 5.11. The Morgan fingerprint density at radius 3 is 2.31 bits per heavy atom. The van der Waals surface area contributed by atoms with Gasteiger partial charge in [-0.25, -0.2) is 4.39 Å². The van der Waals surface area contributed by atoms with Gasteiger partial charge in [0.25, 0.3) is 11.8 Å². The molecule has 9 heteroatoms. The number of pyridine rings is 1. The second-order valence-electron chi connectivity index (χ2n) is 8.55. The number of aliphatic hydroxyl groups is 1. The Hall–Kier alpha value is -4.11. The molecule has 4 rings (SSSR count). The number of carboxylic acids is 1. The van der Waals surface area contributed by atoms with E-state index < -0.39 is 35.6 Å². The predicted molar refractivity (Wildman–Crippen MR) is 128 cm³/mol. The Kier molecular flexibility index (Phi) is 7.40. The molecule has 3 aromatic rings. The molecule has 1 aliphatic rings. The molecule has 2 heterocycles. The molecule has 2 aromatic carbocycles. The van der Waals surface area contributed by atoms with E-state index in [1.807, 2.05) is 0 Å². The SMILES string of the molecule is COc1ccc(-c2ccc(CCC(O)C(CCN3C(=O)c4ccccc4C3=O)C(=O)O)cn2)cc1F. The summed E-state index contributed by atoms with van der Waals surface area (Å²) in [6, 6.07) is 14.5. The van der Waals surface area contributed by atoms with Crippen molar-refractivity contribution in [3.05, 3.63) is 83.3 Å². The summed E-state index contributed by atoms with van der Waals surface area (Å²) in [6.07, 6.45) is 0.855. The van der Waals surface area contributed by atoms with E-state index in [4.69, 9.17) is 4.74 Å². The van der Waals surface area contributed by atoms with E-state index in [1.54, 1.807) is 48.7 Å². The van der Waals surface area contributed by atoms with Gasteiger partial charge in [-0.2, -0.15) is 0 Å². The Morgan fingerprint density at radius 1 is 1.06 bits per heavy atom. The number of rotatable bonds is 10. The normalized spacial score (nSPS) is 14.5. The first-order valence-electron chi connectivity index (χ1n) is 11.4. The van der Waals surface area contributed by atoms with E-state index in [0.717, 1.165) is 10.5 Å². The molecule has 0 fully saturated rings. The van der Waals surface area contributed by atoms with E-state index in [9.17, 15) is 29.0 Å². The number of hydrogen-bond acceptors (Lipinski definition) is 6. The lowest BCUT2D eigenvalue weighted by molar-refractivity contribution is -0.146. The number of aryl methyl sites for hydroxylation is 1. The van der Waals surface area contributed by atoms with Gasteiger partial charge in [-0.15, -0.1) is 0 Å². The van der Waals surface area contributed by atoms with Crippen molar-refractivity contribution >= 4 is 17.8 Å². The van der Waals surface area contributed by atoms with Crippen LogP contribution in [0.4, 0.5) is 4.39 Å². The van der Waals surface area contributed by atoms with Crippen molar-refractivity contribution < 1.29 is 33.7 Å². The van der Waals surface area contributed by atoms with E-state index >= 15 is 0 Å². The minimum absolute atomic E-state index is 0.0673. The molecular formula is C27H25FN2O6. The average Bonchev–Trinajstić information content (AvgIpc) is 3.12. The number of hydrogen-bond donors (Lipinski definition) is 2. The minimum Gasteiger partial charge on any atom is -0.494 e. The Labute approximate surface area is 207 Å². The van der Waals surface area contributed by atoms with Crippen LogP contribution in [0.25, 0.3) is 11.3 Å². The van der Waals surface area contributed by atoms with Gasteiger partial charge in [0.05, 0.1) is 36.0 Å². The molecule has 2 atom stereocenters. The summed E-state index contributed by atoms with van der Waals surface area (Å²) in [5, 5.41) is 20.2. The topological polar surface area (TPSA) is 117 Å². The number of methoxy groups -OCH3 is 1. The molecule has 0 radical (unpaired) electrons. The number of benzene rings is 2. The highest BCUT2D eigenvalue weighted by Crippen LogP contribution is 2.26. The summed E-state index contributed by atoms with van der Waals surface area (Å²) >= 11 is 0. The Morgan fingerprint density at radius 2 is 1.75 bits per heavy atom. The van der Waals surface area contributed by atoms with E-state index in [1.165, 1.54) is 19.2 Å². The largest absolute Gasteiger partial charge is 0.494 e. The van der Waals surface area contributed by atoms with Crippen LogP contribution in [0.3, 0.4) is 0 Å². The second kappa shape index (κ2) is 10.7. The van der Waals surface area contributed by atoms with Crippen molar-refractivity contribution in [2.45, 2.75) is 25.4 Å². The lowest BCUT2D eigenvalue weighted by Crippen LogP contribution is -2.36. The second-order valence-corrected chi connectivity index (χ2v) is 8.55. The molecule has 0 bridgehead atoms. The predicted octanol–water partition coefficient (Wildman–Crippen LogP) is 3.58. The maximum Gasteiger partial charge on any atom is 0.309 e. The number of amides is 2. The molecule has 2 unspecified atom stereocenters. The molecule has 1 aromatic heterocycles. The third-order valence-corrected chi connectivity index (χ3v) is 6.32. The van der Waals surface area contributed by atoms with Crippen LogP contribution >= 0.6 is 0 Å². The summed E-state index contributed by atoms with van der Waals surface area (Å²) in [6.45, 7) is -0.102. The zero-order valence-electron chi connectivity index (χ0n) is 19.6. The number of aliphatic carboxylic acids is 1. The van der Waals surface area contributed by atoms with Gasteiger partial charge in [0.15, 0.2) is 11.6 Å². The van der Waals surface area contributed by atoms with Crippen LogP contribution in [0.1, 0.15) is 39.1 Å². The highest BCUT2D eigenvalue weighted by molar-refractivity contribution is 6.21. The van der Waals surface area contributed by atoms with Gasteiger partial charge in [-0.1, -0.05) is 18.2 Å². The summed E-state index contributed by atoms with van der Waals surface area (Å²) in [7, 11) is 1.39. The molecule has 0 saturated carbocycles. The van der Waals surface area contributed by atoms with Crippen molar-refractivity contribution in [3.63, 3.8) is 0 Å². The molecule has 0 spiro atoms. The van der Waals surface area contributed by atoms with Crippen LogP contribution in [-0.2, 0) is 11.2 Å². The standard InChI is InChI=1S/C27H25FN2O6/c1-36-24-11-8-17(14-21(24)28)22-9-6-16(15-29-22)7-10-23(31)20(27(34)35)12-13-30-25(32)18-4-2-3-5-19(18)26(30)33/h2-6,8-9,11,14-15,20,23,31H,7,10,12-13H2,1H3,(H,34,35). The number of halogens is 1. The molecule has 2 N–H and O–H groups in total. The van der Waals surface area contributed by atoms with Crippen LogP contribution in [0.5, 0.6) is 5.75 Å². The lowest BCUT2D eigenvalue weighted by atomic mass is 9.93. The van der Waals surface area contributed by atoms with E-state index in [0.29, 0.717) is 28.8 Å². The van der Waals surface area contributed by atoms with Gasteiger partial charge < -0.3 is 14.9 Å². The fraction of sp³-hybridized carbons (Fsp3) is 0.259. The quantitative estimate of drug-likeness (QED) is 0.416. The van der Waals surface area contributed by atoms with Crippen LogP contribution < -0.4 is 4.74 Å². The number of carboxylic acid groups (broad SMARTS) is 1.